The Balaban J connectivity index is 0.00000240. The number of aromatic nitrogens is 3. The summed E-state index contributed by atoms with van der Waals surface area (Å²) < 4.78 is 0. The number of fused-ring (bicyclic) bond motifs is 1. The molecule has 0 unspecified atom stereocenters. The molecule has 2 aromatic heterocycles. The molecule has 29 heavy (non-hydrogen) atoms. The van der Waals surface area contributed by atoms with Crippen molar-refractivity contribution < 1.29 is 20.1 Å². The van der Waals surface area contributed by atoms with Gasteiger partial charge in [0.15, 0.2) is 5.82 Å². The maximum Gasteiger partial charge on any atom is 0.162 e. The minimum absolute atomic E-state index is 0. The molecule has 5 nitrogen and oxygen atoms in total. The Kier molecular flexibility index (Phi) is 6.35. The minimum atomic E-state index is 0. The largest absolute Gasteiger partial charge is 0.491 e. The molecule has 0 amide bonds. The third kappa shape index (κ3) is 3.92. The monoisotopic (exact) mass is 564 g/mol. The van der Waals surface area contributed by atoms with Crippen LogP contribution in [0.25, 0.3) is 11.4 Å². The Morgan fingerprint density at radius 1 is 1.00 bits per heavy atom. The molecule has 0 bridgehead atoms. The molecular formula is C23H25IrN5-2. The molecule has 0 saturated heterocycles. The molecule has 0 spiro atoms. The Hall–Kier alpha value is -2.30. The van der Waals surface area contributed by atoms with Crippen LogP contribution in [0.5, 0.6) is 0 Å². The zero-order valence-electron chi connectivity index (χ0n) is 17.3. The van der Waals surface area contributed by atoms with Gasteiger partial charge in [-0.2, -0.15) is 37.0 Å². The molecule has 4 rings (SSSR count). The maximum absolute atomic E-state index is 4.97. The number of hydrogen-bond donors (Lipinski definition) is 0. The van der Waals surface area contributed by atoms with Gasteiger partial charge in [0.1, 0.15) is 5.82 Å². The van der Waals surface area contributed by atoms with Crippen LogP contribution in [0.4, 0.5) is 17.2 Å². The van der Waals surface area contributed by atoms with E-state index in [-0.39, 0.29) is 20.1 Å². The topological polar surface area (TPSA) is 45.2 Å². The second-order valence-corrected chi connectivity index (χ2v) is 7.75. The van der Waals surface area contributed by atoms with Gasteiger partial charge in [-0.05, 0) is 30.0 Å². The van der Waals surface area contributed by atoms with Crippen LogP contribution < -0.4 is 9.80 Å². The summed E-state index contributed by atoms with van der Waals surface area (Å²) in [6, 6.07) is 11.2. The third-order valence-corrected chi connectivity index (χ3v) is 5.06. The van der Waals surface area contributed by atoms with Crippen LogP contribution in [0.2, 0.25) is 0 Å². The van der Waals surface area contributed by atoms with Gasteiger partial charge in [-0.3, -0.25) is 4.98 Å². The number of anilines is 3. The van der Waals surface area contributed by atoms with Crippen LogP contribution in [-0.4, -0.2) is 22.0 Å². The fourth-order valence-electron chi connectivity index (χ4n) is 3.56. The van der Waals surface area contributed by atoms with E-state index in [1.165, 1.54) is 11.1 Å². The van der Waals surface area contributed by atoms with Gasteiger partial charge in [0.05, 0.1) is 11.9 Å². The summed E-state index contributed by atoms with van der Waals surface area (Å²) in [6.07, 6.45) is 5.81. The Morgan fingerprint density at radius 2 is 1.69 bits per heavy atom. The predicted molar refractivity (Wildman–Crippen MR) is 114 cm³/mol. The Labute approximate surface area is 186 Å². The van der Waals surface area contributed by atoms with Crippen LogP contribution in [0, 0.1) is 12.7 Å². The molecule has 1 aliphatic heterocycles. The summed E-state index contributed by atoms with van der Waals surface area (Å²) >= 11 is 0. The van der Waals surface area contributed by atoms with Gasteiger partial charge in [0.2, 0.25) is 0 Å². The first-order valence-electron chi connectivity index (χ1n) is 9.66. The standard InChI is InChI=1S/C23H25N5.Ir/c1-15(2)18-11-24-12-19(16(3)4)21(18)22-25-13-20-23(26-22)27(5)14-28(20)17-9-7-6-8-10-17;/h6-9,11-16H,1-5H3;/q-2;. The van der Waals surface area contributed by atoms with Crippen LogP contribution >= 0.6 is 0 Å². The summed E-state index contributed by atoms with van der Waals surface area (Å²) in [7, 11) is 2.01. The maximum atomic E-state index is 4.97. The van der Waals surface area contributed by atoms with Crippen molar-refractivity contribution in [3.05, 3.63) is 66.7 Å². The quantitative estimate of drug-likeness (QED) is 0.404. The molecular weight excluding hydrogens is 539 g/mol. The van der Waals surface area contributed by atoms with E-state index in [0.717, 1.165) is 28.6 Å². The molecule has 1 aliphatic rings. The summed E-state index contributed by atoms with van der Waals surface area (Å²) in [5.74, 6) is 2.34. The summed E-state index contributed by atoms with van der Waals surface area (Å²) in [5, 5.41) is 0. The second kappa shape index (κ2) is 8.60. The molecule has 1 radical (unpaired) electrons. The molecule has 0 atom stereocenters. The average Bonchev–Trinajstić information content (AvgIpc) is 3.04. The van der Waals surface area contributed by atoms with Crippen LogP contribution in [0.15, 0.2) is 42.9 Å². The van der Waals surface area contributed by atoms with E-state index < -0.39 is 0 Å². The van der Waals surface area contributed by atoms with Crippen molar-refractivity contribution in [1.29, 1.82) is 0 Å². The average molecular weight is 564 g/mol. The molecule has 1 aromatic carbocycles. The van der Waals surface area contributed by atoms with Crippen molar-refractivity contribution in [1.82, 2.24) is 15.0 Å². The van der Waals surface area contributed by atoms with E-state index in [2.05, 4.69) is 43.6 Å². The third-order valence-electron chi connectivity index (χ3n) is 5.06. The molecule has 0 saturated carbocycles. The number of pyridine rings is 1. The Bertz CT molecular complexity index is 962. The fraction of sp³-hybridized carbons (Fsp3) is 0.304. The summed E-state index contributed by atoms with van der Waals surface area (Å²) in [6.45, 7) is 10.8. The Morgan fingerprint density at radius 3 is 2.28 bits per heavy atom. The normalized spacial score (nSPS) is 13.1. The molecule has 0 aliphatic carbocycles. The predicted octanol–water partition coefficient (Wildman–Crippen LogP) is 5.29. The van der Waals surface area contributed by atoms with E-state index in [9.17, 15) is 0 Å². The van der Waals surface area contributed by atoms with Crippen LogP contribution in [-0.2, 0) is 20.1 Å². The number of para-hydroxylation sites is 1. The summed E-state index contributed by atoms with van der Waals surface area (Å²) in [4.78, 5) is 18.3. The summed E-state index contributed by atoms with van der Waals surface area (Å²) in [5.41, 5.74) is 5.41. The van der Waals surface area contributed by atoms with Gasteiger partial charge in [-0.25, -0.2) is 9.97 Å². The number of nitrogens with zero attached hydrogens (tertiary/aromatic N) is 5. The first-order valence-corrected chi connectivity index (χ1v) is 9.66. The number of benzene rings is 1. The van der Waals surface area contributed by atoms with Crippen LogP contribution in [0.3, 0.4) is 0 Å². The molecule has 0 N–H and O–H groups in total. The smallest absolute Gasteiger partial charge is 0.162 e. The second-order valence-electron chi connectivity index (χ2n) is 7.75. The molecule has 3 aromatic rings. The molecule has 3 heterocycles. The molecule has 153 valence electrons. The fourth-order valence-corrected chi connectivity index (χ4v) is 3.56. The first kappa shape index (κ1) is 21.4. The van der Waals surface area contributed by atoms with Crippen molar-refractivity contribution in [2.45, 2.75) is 39.5 Å². The zero-order valence-corrected chi connectivity index (χ0v) is 19.7. The van der Waals surface area contributed by atoms with Gasteiger partial charge in [0, 0.05) is 38.1 Å². The van der Waals surface area contributed by atoms with Crippen LogP contribution in [0.1, 0.15) is 50.7 Å². The van der Waals surface area contributed by atoms with Gasteiger partial charge in [-0.1, -0.05) is 27.7 Å². The molecule has 6 heteroatoms. The van der Waals surface area contributed by atoms with E-state index in [4.69, 9.17) is 9.97 Å². The number of rotatable bonds is 4. The van der Waals surface area contributed by atoms with Crippen molar-refractivity contribution >= 4 is 17.2 Å². The SMILES string of the molecule is CC(C)c1cncc(C(C)C)c1-c1ncc2c(n1)N(C)[CH-]N2c1[c-]cccc1.[Ir]. The minimum Gasteiger partial charge on any atom is -0.491 e. The van der Waals surface area contributed by atoms with Crippen molar-refractivity contribution in [3.63, 3.8) is 0 Å². The van der Waals surface area contributed by atoms with Gasteiger partial charge < -0.3 is 9.80 Å². The molecule has 0 fully saturated rings. The van der Waals surface area contributed by atoms with E-state index in [1.807, 2.05) is 61.5 Å². The van der Waals surface area contributed by atoms with E-state index in [0.29, 0.717) is 11.8 Å². The number of hydrogen-bond acceptors (Lipinski definition) is 5. The van der Waals surface area contributed by atoms with Gasteiger partial charge in [0.25, 0.3) is 0 Å². The van der Waals surface area contributed by atoms with Gasteiger partial charge in [-0.15, -0.1) is 5.69 Å². The zero-order chi connectivity index (χ0) is 19.8. The van der Waals surface area contributed by atoms with Gasteiger partial charge >= 0.3 is 0 Å². The van der Waals surface area contributed by atoms with E-state index in [1.54, 1.807) is 0 Å². The first-order chi connectivity index (χ1) is 13.5. The van der Waals surface area contributed by atoms with Crippen molar-refractivity contribution in [2.24, 2.45) is 0 Å². The van der Waals surface area contributed by atoms with E-state index >= 15 is 0 Å². The van der Waals surface area contributed by atoms with Crippen molar-refractivity contribution in [3.8, 4) is 11.4 Å². The van der Waals surface area contributed by atoms with Crippen molar-refractivity contribution in [2.75, 3.05) is 16.8 Å².